The summed E-state index contributed by atoms with van der Waals surface area (Å²) in [7, 11) is 0. The largest absolute Gasteiger partial charge is 0.449 e. The summed E-state index contributed by atoms with van der Waals surface area (Å²) in [4.78, 5) is 10.1. The number of carbonyl (C=O) groups excluding carboxylic acids is 1. The van der Waals surface area contributed by atoms with Crippen LogP contribution in [0.4, 0.5) is 4.79 Å². The third-order valence-corrected chi connectivity index (χ3v) is 2.10. The Kier molecular flexibility index (Phi) is 4.33. The number of rotatable bonds is 3. The number of hydrogen-bond donors (Lipinski definition) is 1. The summed E-state index contributed by atoms with van der Waals surface area (Å²) in [6.45, 7) is 6.74. The number of primary amides is 1. The van der Waals surface area contributed by atoms with Crippen LogP contribution in [0.2, 0.25) is 0 Å². The predicted molar refractivity (Wildman–Crippen MR) is 47.7 cm³/mol. The topological polar surface area (TPSA) is 52.3 Å². The van der Waals surface area contributed by atoms with Crippen molar-refractivity contribution in [3.63, 3.8) is 0 Å². The van der Waals surface area contributed by atoms with E-state index >= 15 is 0 Å². The Hall–Kier alpha value is -0.380. The van der Waals surface area contributed by atoms with Crippen molar-refractivity contribution in [2.45, 2.75) is 25.5 Å². The molecule has 4 heteroatoms. The zero-order chi connectivity index (χ0) is 8.91. The van der Waals surface area contributed by atoms with Crippen LogP contribution in [0.3, 0.4) is 0 Å². The van der Waals surface area contributed by atoms with Gasteiger partial charge < -0.3 is 10.5 Å². The molecular formula is C7H15NO2S. The molecule has 11 heavy (non-hydrogen) atoms. The second-order valence-corrected chi connectivity index (χ2v) is 5.05. The van der Waals surface area contributed by atoms with Gasteiger partial charge in [-0.3, -0.25) is 0 Å². The zero-order valence-electron chi connectivity index (χ0n) is 7.22. The summed E-state index contributed by atoms with van der Waals surface area (Å²) < 4.78 is 4.78. The molecule has 0 fully saturated rings. The van der Waals surface area contributed by atoms with Gasteiger partial charge in [0, 0.05) is 10.5 Å². The van der Waals surface area contributed by atoms with E-state index in [1.165, 1.54) is 0 Å². The molecule has 0 unspecified atom stereocenters. The molecule has 0 aliphatic heterocycles. The van der Waals surface area contributed by atoms with Crippen molar-refractivity contribution in [1.29, 1.82) is 0 Å². The summed E-state index contributed by atoms with van der Waals surface area (Å²) >= 11 is 1.74. The average Bonchev–Trinajstić information content (AvgIpc) is 1.78. The van der Waals surface area contributed by atoms with E-state index in [2.05, 4.69) is 25.5 Å². The third-order valence-electron chi connectivity index (χ3n) is 0.863. The standard InChI is InChI=1S/C7H15NO2S/c1-7(2,3)11-5-4-10-6(8)9/h4-5H2,1-3H3,(H2,8,9). The van der Waals surface area contributed by atoms with Gasteiger partial charge in [-0.1, -0.05) is 20.8 Å². The van der Waals surface area contributed by atoms with Gasteiger partial charge in [-0.25, -0.2) is 4.79 Å². The monoisotopic (exact) mass is 177 g/mol. The molecular weight excluding hydrogens is 162 g/mol. The molecule has 0 aliphatic carbocycles. The molecule has 0 aromatic rings. The lowest BCUT2D eigenvalue weighted by atomic mass is 10.3. The molecule has 0 bridgehead atoms. The Balaban J connectivity index is 3.22. The predicted octanol–water partition coefficient (Wildman–Crippen LogP) is 1.61. The summed E-state index contributed by atoms with van der Waals surface area (Å²) in [6, 6.07) is 0. The Morgan fingerprint density at radius 1 is 1.55 bits per heavy atom. The molecule has 0 saturated heterocycles. The first-order valence-corrected chi connectivity index (χ1v) is 4.46. The minimum Gasteiger partial charge on any atom is -0.449 e. The van der Waals surface area contributed by atoms with Crippen LogP contribution in [0.5, 0.6) is 0 Å². The first-order chi connectivity index (χ1) is 4.92. The number of carbonyl (C=O) groups is 1. The molecule has 0 atom stereocenters. The number of thioether (sulfide) groups is 1. The lowest BCUT2D eigenvalue weighted by molar-refractivity contribution is 0.164. The molecule has 1 amide bonds. The number of amides is 1. The van der Waals surface area contributed by atoms with Crippen molar-refractivity contribution in [3.05, 3.63) is 0 Å². The number of hydrogen-bond acceptors (Lipinski definition) is 3. The number of ether oxygens (including phenoxy) is 1. The molecule has 3 nitrogen and oxygen atoms in total. The van der Waals surface area contributed by atoms with Crippen LogP contribution in [-0.2, 0) is 4.74 Å². The average molecular weight is 177 g/mol. The van der Waals surface area contributed by atoms with Crippen LogP contribution in [0.15, 0.2) is 0 Å². The highest BCUT2D eigenvalue weighted by atomic mass is 32.2. The summed E-state index contributed by atoms with van der Waals surface area (Å²) in [5.74, 6) is 0.798. The smallest absolute Gasteiger partial charge is 0.404 e. The highest BCUT2D eigenvalue weighted by molar-refractivity contribution is 8.00. The van der Waals surface area contributed by atoms with Gasteiger partial charge in [-0.2, -0.15) is 11.8 Å². The molecule has 0 spiro atoms. The Morgan fingerprint density at radius 3 is 2.45 bits per heavy atom. The van der Waals surface area contributed by atoms with E-state index in [4.69, 9.17) is 5.73 Å². The fourth-order valence-corrected chi connectivity index (χ4v) is 1.27. The molecule has 0 rings (SSSR count). The highest BCUT2D eigenvalue weighted by Gasteiger charge is 2.09. The maximum absolute atomic E-state index is 10.1. The van der Waals surface area contributed by atoms with E-state index in [-0.39, 0.29) is 4.75 Å². The van der Waals surface area contributed by atoms with Crippen LogP contribution in [0, 0.1) is 0 Å². The Labute approximate surface area is 71.7 Å². The van der Waals surface area contributed by atoms with Crippen molar-refractivity contribution in [3.8, 4) is 0 Å². The number of nitrogens with two attached hydrogens (primary N) is 1. The Bertz CT molecular complexity index is 131. The van der Waals surface area contributed by atoms with Crippen molar-refractivity contribution in [2.75, 3.05) is 12.4 Å². The van der Waals surface area contributed by atoms with Gasteiger partial charge in [0.25, 0.3) is 0 Å². The van der Waals surface area contributed by atoms with E-state index in [9.17, 15) is 4.79 Å². The van der Waals surface area contributed by atoms with Gasteiger partial charge >= 0.3 is 6.09 Å². The summed E-state index contributed by atoms with van der Waals surface area (Å²) in [5, 5.41) is 0. The van der Waals surface area contributed by atoms with Crippen LogP contribution >= 0.6 is 11.8 Å². The van der Waals surface area contributed by atoms with Gasteiger partial charge in [0.05, 0.1) is 0 Å². The fourth-order valence-electron chi connectivity index (χ4n) is 0.490. The lowest BCUT2D eigenvalue weighted by Gasteiger charge is -2.16. The van der Waals surface area contributed by atoms with E-state index in [1.54, 1.807) is 11.8 Å². The molecule has 0 aliphatic rings. The van der Waals surface area contributed by atoms with Crippen LogP contribution in [0.1, 0.15) is 20.8 Å². The van der Waals surface area contributed by atoms with Crippen molar-refractivity contribution in [2.24, 2.45) is 5.73 Å². The maximum atomic E-state index is 10.1. The molecule has 2 N–H and O–H groups in total. The van der Waals surface area contributed by atoms with Crippen LogP contribution in [-0.4, -0.2) is 23.2 Å². The van der Waals surface area contributed by atoms with E-state index in [1.807, 2.05) is 0 Å². The maximum Gasteiger partial charge on any atom is 0.404 e. The Morgan fingerprint density at radius 2 is 2.09 bits per heavy atom. The minimum absolute atomic E-state index is 0.223. The first-order valence-electron chi connectivity index (χ1n) is 3.48. The zero-order valence-corrected chi connectivity index (χ0v) is 8.03. The second-order valence-electron chi connectivity index (χ2n) is 3.13. The summed E-state index contributed by atoms with van der Waals surface area (Å²) in [6.07, 6.45) is -0.695. The quantitative estimate of drug-likeness (QED) is 0.666. The minimum atomic E-state index is -0.695. The molecule has 0 saturated carbocycles. The van der Waals surface area contributed by atoms with E-state index in [0.717, 1.165) is 5.75 Å². The van der Waals surface area contributed by atoms with Gasteiger partial charge in [0.15, 0.2) is 0 Å². The first kappa shape index (κ1) is 10.6. The molecule has 0 aromatic heterocycles. The third kappa shape index (κ3) is 9.62. The molecule has 0 aromatic carbocycles. The second kappa shape index (κ2) is 4.49. The van der Waals surface area contributed by atoms with Gasteiger partial charge in [0.1, 0.15) is 6.61 Å². The lowest BCUT2D eigenvalue weighted by Crippen LogP contribution is -2.16. The molecule has 0 radical (unpaired) electrons. The summed E-state index contributed by atoms with van der Waals surface area (Å²) in [5.41, 5.74) is 4.77. The van der Waals surface area contributed by atoms with Crippen molar-refractivity contribution < 1.29 is 9.53 Å². The van der Waals surface area contributed by atoms with Crippen molar-refractivity contribution >= 4 is 17.9 Å². The van der Waals surface area contributed by atoms with E-state index in [0.29, 0.717) is 6.61 Å². The SMILES string of the molecule is CC(C)(C)SCCOC(N)=O. The van der Waals surface area contributed by atoms with E-state index < -0.39 is 6.09 Å². The normalized spacial score (nSPS) is 11.2. The van der Waals surface area contributed by atoms with Gasteiger partial charge in [-0.05, 0) is 0 Å². The van der Waals surface area contributed by atoms with Crippen molar-refractivity contribution in [1.82, 2.24) is 0 Å². The highest BCUT2D eigenvalue weighted by Crippen LogP contribution is 2.22. The van der Waals surface area contributed by atoms with Crippen LogP contribution < -0.4 is 5.73 Å². The van der Waals surface area contributed by atoms with Crippen LogP contribution in [0.25, 0.3) is 0 Å². The van der Waals surface area contributed by atoms with Gasteiger partial charge in [0.2, 0.25) is 0 Å². The van der Waals surface area contributed by atoms with Gasteiger partial charge in [-0.15, -0.1) is 0 Å². The fraction of sp³-hybridized carbons (Fsp3) is 0.857. The molecule has 66 valence electrons. The molecule has 0 heterocycles.